The number of hydrogen-bond acceptors (Lipinski definition) is 4. The number of nitrogens with one attached hydrogen (secondary N) is 2. The molecule has 0 spiro atoms. The second kappa shape index (κ2) is 5.52. The van der Waals surface area contributed by atoms with Crippen LogP contribution >= 0.6 is 0 Å². The molecule has 18 heavy (non-hydrogen) atoms. The fourth-order valence-corrected chi connectivity index (χ4v) is 2.39. The largest absolute Gasteiger partial charge is 0.361 e. The van der Waals surface area contributed by atoms with Crippen LogP contribution in [-0.2, 0) is 11.2 Å². The quantitative estimate of drug-likeness (QED) is 0.836. The topological polar surface area (TPSA) is 67.2 Å². The summed E-state index contributed by atoms with van der Waals surface area (Å²) in [6, 6.07) is 0.106. The molecule has 5 heteroatoms. The van der Waals surface area contributed by atoms with Crippen LogP contribution in [0.2, 0.25) is 0 Å². The van der Waals surface area contributed by atoms with E-state index in [4.69, 9.17) is 4.52 Å². The summed E-state index contributed by atoms with van der Waals surface area (Å²) >= 11 is 0. The Morgan fingerprint density at radius 2 is 2.39 bits per heavy atom. The summed E-state index contributed by atoms with van der Waals surface area (Å²) in [5, 5.41) is 10.2. The van der Waals surface area contributed by atoms with E-state index in [-0.39, 0.29) is 17.9 Å². The molecule has 0 radical (unpaired) electrons. The summed E-state index contributed by atoms with van der Waals surface area (Å²) in [5.41, 5.74) is 2.02. The van der Waals surface area contributed by atoms with Crippen LogP contribution in [0.15, 0.2) is 4.52 Å². The molecule has 100 valence electrons. The van der Waals surface area contributed by atoms with Crippen molar-refractivity contribution < 1.29 is 9.32 Å². The first-order valence-corrected chi connectivity index (χ1v) is 6.50. The van der Waals surface area contributed by atoms with Crippen molar-refractivity contribution in [2.24, 2.45) is 5.92 Å². The van der Waals surface area contributed by atoms with Crippen molar-refractivity contribution >= 4 is 5.91 Å². The summed E-state index contributed by atoms with van der Waals surface area (Å²) in [7, 11) is 0. The van der Waals surface area contributed by atoms with Crippen molar-refractivity contribution in [1.82, 2.24) is 15.8 Å². The van der Waals surface area contributed by atoms with E-state index < -0.39 is 0 Å². The minimum absolute atomic E-state index is 0.106. The first-order chi connectivity index (χ1) is 8.58. The third-order valence-corrected chi connectivity index (χ3v) is 3.51. The lowest BCUT2D eigenvalue weighted by molar-refractivity contribution is -0.125. The molecule has 1 aliphatic rings. The van der Waals surface area contributed by atoms with E-state index in [1.807, 2.05) is 20.8 Å². The summed E-state index contributed by atoms with van der Waals surface area (Å²) < 4.78 is 5.13. The standard InChI is InChI=1S/C13H21N3O2/c1-8(6-12-9(2)16-18-10(12)3)15-13(17)11-4-5-14-7-11/h8,11,14H,4-7H2,1-3H3,(H,15,17). The normalized spacial score (nSPS) is 20.9. The highest BCUT2D eigenvalue weighted by Gasteiger charge is 2.24. The molecule has 2 rings (SSSR count). The summed E-state index contributed by atoms with van der Waals surface area (Å²) in [6.07, 6.45) is 1.71. The molecule has 2 unspecified atom stereocenters. The molecule has 5 nitrogen and oxygen atoms in total. The van der Waals surface area contributed by atoms with Gasteiger partial charge < -0.3 is 15.2 Å². The Morgan fingerprint density at radius 1 is 1.61 bits per heavy atom. The predicted octanol–water partition coefficient (Wildman–Crippen LogP) is 0.948. The van der Waals surface area contributed by atoms with Crippen LogP contribution in [0.25, 0.3) is 0 Å². The van der Waals surface area contributed by atoms with E-state index in [9.17, 15) is 4.79 Å². The molecule has 0 aliphatic carbocycles. The van der Waals surface area contributed by atoms with Crippen molar-refractivity contribution in [3.05, 3.63) is 17.0 Å². The number of carbonyl (C=O) groups excluding carboxylic acids is 1. The first-order valence-electron chi connectivity index (χ1n) is 6.50. The lowest BCUT2D eigenvalue weighted by Crippen LogP contribution is -2.39. The van der Waals surface area contributed by atoms with Crippen LogP contribution in [-0.4, -0.2) is 30.2 Å². The zero-order valence-electron chi connectivity index (χ0n) is 11.2. The van der Waals surface area contributed by atoms with E-state index in [2.05, 4.69) is 15.8 Å². The Labute approximate surface area is 107 Å². The zero-order valence-corrected chi connectivity index (χ0v) is 11.2. The Balaban J connectivity index is 1.88. The number of amides is 1. The highest BCUT2D eigenvalue weighted by Crippen LogP contribution is 2.15. The molecule has 1 saturated heterocycles. The lowest BCUT2D eigenvalue weighted by atomic mass is 10.0. The van der Waals surface area contributed by atoms with Gasteiger partial charge in [0.15, 0.2) is 0 Å². The molecule has 1 amide bonds. The van der Waals surface area contributed by atoms with E-state index in [1.165, 1.54) is 0 Å². The van der Waals surface area contributed by atoms with Crippen LogP contribution in [0.3, 0.4) is 0 Å². The molecule has 1 aromatic rings. The van der Waals surface area contributed by atoms with Gasteiger partial charge in [-0.3, -0.25) is 4.79 Å². The number of carbonyl (C=O) groups is 1. The maximum atomic E-state index is 12.0. The molecule has 0 saturated carbocycles. The van der Waals surface area contributed by atoms with Crippen LogP contribution in [0.1, 0.15) is 30.4 Å². The fourth-order valence-electron chi connectivity index (χ4n) is 2.39. The molecule has 2 atom stereocenters. The van der Waals surface area contributed by atoms with Gasteiger partial charge in [-0.05, 0) is 40.2 Å². The lowest BCUT2D eigenvalue weighted by Gasteiger charge is -2.16. The Hall–Kier alpha value is -1.36. The number of rotatable bonds is 4. The molecular weight excluding hydrogens is 230 g/mol. The van der Waals surface area contributed by atoms with Crippen LogP contribution < -0.4 is 10.6 Å². The number of aromatic nitrogens is 1. The van der Waals surface area contributed by atoms with Gasteiger partial charge in [-0.1, -0.05) is 5.16 Å². The van der Waals surface area contributed by atoms with Crippen molar-refractivity contribution in [3.8, 4) is 0 Å². The summed E-state index contributed by atoms with van der Waals surface area (Å²) in [4.78, 5) is 12.0. The van der Waals surface area contributed by atoms with Crippen LogP contribution in [0.4, 0.5) is 0 Å². The summed E-state index contributed by atoms with van der Waals surface area (Å²) in [6.45, 7) is 7.60. The third-order valence-electron chi connectivity index (χ3n) is 3.51. The first kappa shape index (κ1) is 13.1. The van der Waals surface area contributed by atoms with Crippen LogP contribution in [0, 0.1) is 19.8 Å². The molecule has 1 fully saturated rings. The second-order valence-electron chi connectivity index (χ2n) is 5.11. The highest BCUT2D eigenvalue weighted by molar-refractivity contribution is 5.79. The van der Waals surface area contributed by atoms with Gasteiger partial charge in [0, 0.05) is 18.2 Å². The molecule has 2 N–H and O–H groups in total. The van der Waals surface area contributed by atoms with Gasteiger partial charge >= 0.3 is 0 Å². The van der Waals surface area contributed by atoms with Crippen molar-refractivity contribution in [2.45, 2.75) is 39.7 Å². The monoisotopic (exact) mass is 251 g/mol. The SMILES string of the molecule is Cc1noc(C)c1CC(C)NC(=O)C1CCNC1. The van der Waals surface area contributed by atoms with Crippen molar-refractivity contribution in [2.75, 3.05) is 13.1 Å². The fraction of sp³-hybridized carbons (Fsp3) is 0.692. The molecular formula is C13H21N3O2. The van der Waals surface area contributed by atoms with Gasteiger partial charge in [0.1, 0.15) is 5.76 Å². The van der Waals surface area contributed by atoms with E-state index in [0.29, 0.717) is 0 Å². The number of aryl methyl sites for hydroxylation is 2. The maximum Gasteiger partial charge on any atom is 0.224 e. The third kappa shape index (κ3) is 2.90. The number of hydrogen-bond donors (Lipinski definition) is 2. The molecule has 0 aromatic carbocycles. The van der Waals surface area contributed by atoms with Gasteiger partial charge in [0.25, 0.3) is 0 Å². The Kier molecular flexibility index (Phi) is 4.01. The molecule has 1 aromatic heterocycles. The van der Waals surface area contributed by atoms with Crippen molar-refractivity contribution in [3.63, 3.8) is 0 Å². The molecule has 0 bridgehead atoms. The Bertz CT molecular complexity index is 402. The van der Waals surface area contributed by atoms with E-state index in [0.717, 1.165) is 42.9 Å². The molecule has 2 heterocycles. The van der Waals surface area contributed by atoms with Gasteiger partial charge in [-0.15, -0.1) is 0 Å². The minimum Gasteiger partial charge on any atom is -0.361 e. The average molecular weight is 251 g/mol. The second-order valence-corrected chi connectivity index (χ2v) is 5.11. The number of nitrogens with zero attached hydrogens (tertiary/aromatic N) is 1. The smallest absolute Gasteiger partial charge is 0.224 e. The van der Waals surface area contributed by atoms with Crippen LogP contribution in [0.5, 0.6) is 0 Å². The maximum absolute atomic E-state index is 12.0. The van der Waals surface area contributed by atoms with Gasteiger partial charge in [-0.25, -0.2) is 0 Å². The van der Waals surface area contributed by atoms with Gasteiger partial charge in [0.05, 0.1) is 11.6 Å². The van der Waals surface area contributed by atoms with Crippen molar-refractivity contribution in [1.29, 1.82) is 0 Å². The van der Waals surface area contributed by atoms with E-state index >= 15 is 0 Å². The van der Waals surface area contributed by atoms with E-state index in [1.54, 1.807) is 0 Å². The van der Waals surface area contributed by atoms with Gasteiger partial charge in [0.2, 0.25) is 5.91 Å². The van der Waals surface area contributed by atoms with Gasteiger partial charge in [-0.2, -0.15) is 0 Å². The molecule has 1 aliphatic heterocycles. The average Bonchev–Trinajstić information content (AvgIpc) is 2.94. The summed E-state index contributed by atoms with van der Waals surface area (Å²) in [5.74, 6) is 1.12. The Morgan fingerprint density at radius 3 is 2.94 bits per heavy atom. The highest BCUT2D eigenvalue weighted by atomic mass is 16.5. The predicted molar refractivity (Wildman–Crippen MR) is 68.3 cm³/mol. The zero-order chi connectivity index (χ0) is 13.1. The minimum atomic E-state index is 0.106.